The van der Waals surface area contributed by atoms with E-state index in [1.807, 2.05) is 26.1 Å². The van der Waals surface area contributed by atoms with Crippen LogP contribution < -0.4 is 4.74 Å². The van der Waals surface area contributed by atoms with Gasteiger partial charge in [0.2, 0.25) is 5.88 Å². The zero-order valence-electron chi connectivity index (χ0n) is 11.3. The van der Waals surface area contributed by atoms with Crippen molar-refractivity contribution >= 4 is 16.9 Å². The number of ether oxygens (including phenoxy) is 1. The number of rotatable bonds is 5. The van der Waals surface area contributed by atoms with Gasteiger partial charge in [-0.05, 0) is 33.3 Å². The van der Waals surface area contributed by atoms with E-state index in [4.69, 9.17) is 4.74 Å². The molecule has 0 unspecified atom stereocenters. The summed E-state index contributed by atoms with van der Waals surface area (Å²) in [6.45, 7) is 5.42. The van der Waals surface area contributed by atoms with Crippen molar-refractivity contribution < 1.29 is 9.53 Å². The number of aromatic nitrogens is 3. The van der Waals surface area contributed by atoms with Crippen molar-refractivity contribution in [3.05, 3.63) is 30.1 Å². The number of nitrogens with one attached hydrogen (secondary N) is 1. The molecule has 19 heavy (non-hydrogen) atoms. The van der Waals surface area contributed by atoms with E-state index in [1.54, 1.807) is 12.3 Å². The average Bonchev–Trinajstić information content (AvgIpc) is 2.71. The molecule has 0 aliphatic rings. The van der Waals surface area contributed by atoms with Gasteiger partial charge in [0.1, 0.15) is 5.52 Å². The summed E-state index contributed by atoms with van der Waals surface area (Å²) in [6, 6.07) is 0. The number of fused-ring (bicyclic) bond motifs is 1. The molecule has 2 rings (SSSR count). The van der Waals surface area contributed by atoms with Crippen molar-refractivity contribution in [2.24, 2.45) is 0 Å². The third-order valence-corrected chi connectivity index (χ3v) is 2.48. The van der Waals surface area contributed by atoms with Gasteiger partial charge < -0.3 is 9.72 Å². The molecule has 0 spiro atoms. The highest BCUT2D eigenvalue weighted by molar-refractivity contribution is 5.87. The maximum Gasteiger partial charge on any atom is 0.233 e. The molecule has 0 amide bonds. The standard InChI is InChI=1S/C14H17N3O2/c1-9(2)19-12-8-16-14-13(17-12)11(7-15-14)6-4-5-10(3)18/h4-5,7-9H,6H2,1-3H3,(H,15,16). The summed E-state index contributed by atoms with van der Waals surface area (Å²) in [4.78, 5) is 22.6. The Hall–Kier alpha value is -2.17. The van der Waals surface area contributed by atoms with Gasteiger partial charge >= 0.3 is 0 Å². The first-order valence-corrected chi connectivity index (χ1v) is 6.23. The number of hydrogen-bond acceptors (Lipinski definition) is 4. The second-order valence-electron chi connectivity index (χ2n) is 4.60. The van der Waals surface area contributed by atoms with E-state index in [0.717, 1.165) is 16.7 Å². The Kier molecular flexibility index (Phi) is 3.94. The molecule has 2 aromatic heterocycles. The fourth-order valence-electron chi connectivity index (χ4n) is 1.73. The van der Waals surface area contributed by atoms with E-state index in [1.165, 1.54) is 6.92 Å². The number of hydrogen-bond donors (Lipinski definition) is 1. The summed E-state index contributed by atoms with van der Waals surface area (Å²) in [5, 5.41) is 0. The number of nitrogens with zero attached hydrogens (tertiary/aromatic N) is 2. The normalized spacial score (nSPS) is 11.6. The van der Waals surface area contributed by atoms with Crippen LogP contribution in [-0.2, 0) is 11.2 Å². The van der Waals surface area contributed by atoms with Crippen LogP contribution in [0.1, 0.15) is 26.3 Å². The highest BCUT2D eigenvalue weighted by Gasteiger charge is 2.08. The van der Waals surface area contributed by atoms with Gasteiger partial charge in [-0.1, -0.05) is 6.08 Å². The number of H-pyrrole nitrogens is 1. The van der Waals surface area contributed by atoms with E-state index in [9.17, 15) is 4.79 Å². The van der Waals surface area contributed by atoms with Crippen molar-refractivity contribution in [3.8, 4) is 5.88 Å². The summed E-state index contributed by atoms with van der Waals surface area (Å²) in [5.41, 5.74) is 2.50. The lowest BCUT2D eigenvalue weighted by Crippen LogP contribution is -2.07. The molecular formula is C14H17N3O2. The summed E-state index contributed by atoms with van der Waals surface area (Å²) in [5.74, 6) is 0.550. The molecular weight excluding hydrogens is 242 g/mol. The second-order valence-corrected chi connectivity index (χ2v) is 4.60. The van der Waals surface area contributed by atoms with Gasteiger partial charge in [0.05, 0.1) is 12.3 Å². The van der Waals surface area contributed by atoms with Gasteiger partial charge in [-0.15, -0.1) is 0 Å². The molecule has 1 N–H and O–H groups in total. The van der Waals surface area contributed by atoms with E-state index in [0.29, 0.717) is 12.3 Å². The molecule has 5 heteroatoms. The fraction of sp³-hybridized carbons (Fsp3) is 0.357. The maximum absolute atomic E-state index is 10.9. The Balaban J connectivity index is 2.26. The molecule has 0 saturated carbocycles. The van der Waals surface area contributed by atoms with Crippen LogP contribution in [0, 0.1) is 0 Å². The van der Waals surface area contributed by atoms with E-state index < -0.39 is 0 Å². The molecule has 0 saturated heterocycles. The van der Waals surface area contributed by atoms with E-state index >= 15 is 0 Å². The molecule has 0 radical (unpaired) electrons. The van der Waals surface area contributed by atoms with Gasteiger partial charge in [-0.3, -0.25) is 4.79 Å². The van der Waals surface area contributed by atoms with Crippen LogP contribution in [0.5, 0.6) is 5.88 Å². The quantitative estimate of drug-likeness (QED) is 0.837. The minimum atomic E-state index is 0.0368. The summed E-state index contributed by atoms with van der Waals surface area (Å²) < 4.78 is 5.53. The van der Waals surface area contributed by atoms with Gasteiger partial charge in [0.15, 0.2) is 11.4 Å². The molecule has 2 heterocycles. The number of aromatic amines is 1. The van der Waals surface area contributed by atoms with Crippen molar-refractivity contribution in [2.45, 2.75) is 33.3 Å². The fourth-order valence-corrected chi connectivity index (χ4v) is 1.73. The SMILES string of the molecule is CC(=O)C=CCc1c[nH]c2ncc(OC(C)C)nc12. The second kappa shape index (κ2) is 5.65. The van der Waals surface area contributed by atoms with Gasteiger partial charge in [0, 0.05) is 11.8 Å². The lowest BCUT2D eigenvalue weighted by atomic mass is 10.2. The Morgan fingerprint density at radius 2 is 2.32 bits per heavy atom. The monoisotopic (exact) mass is 259 g/mol. The van der Waals surface area contributed by atoms with Gasteiger partial charge in [0.25, 0.3) is 0 Å². The van der Waals surface area contributed by atoms with Crippen LogP contribution in [0.4, 0.5) is 0 Å². The van der Waals surface area contributed by atoms with Crippen molar-refractivity contribution in [2.75, 3.05) is 0 Å². The van der Waals surface area contributed by atoms with Crippen molar-refractivity contribution in [1.82, 2.24) is 15.0 Å². The summed E-state index contributed by atoms with van der Waals surface area (Å²) >= 11 is 0. The lowest BCUT2D eigenvalue weighted by molar-refractivity contribution is -0.112. The lowest BCUT2D eigenvalue weighted by Gasteiger charge is -2.07. The highest BCUT2D eigenvalue weighted by atomic mass is 16.5. The molecule has 2 aromatic rings. The first kappa shape index (κ1) is 13.3. The van der Waals surface area contributed by atoms with Crippen LogP contribution in [0.3, 0.4) is 0 Å². The van der Waals surface area contributed by atoms with Crippen LogP contribution in [0.15, 0.2) is 24.5 Å². The predicted octanol–water partition coefficient (Wildman–Crippen LogP) is 2.43. The topological polar surface area (TPSA) is 67.9 Å². The number of ketones is 1. The van der Waals surface area contributed by atoms with Crippen LogP contribution in [0.25, 0.3) is 11.2 Å². The van der Waals surface area contributed by atoms with Crippen LogP contribution >= 0.6 is 0 Å². The minimum Gasteiger partial charge on any atom is -0.474 e. The molecule has 5 nitrogen and oxygen atoms in total. The van der Waals surface area contributed by atoms with E-state index in [-0.39, 0.29) is 11.9 Å². The molecule has 0 aliphatic heterocycles. The average molecular weight is 259 g/mol. The molecule has 0 bridgehead atoms. The first-order chi connectivity index (χ1) is 9.06. The molecule has 0 atom stereocenters. The Morgan fingerprint density at radius 1 is 1.53 bits per heavy atom. The van der Waals surface area contributed by atoms with Crippen LogP contribution in [-0.4, -0.2) is 26.8 Å². The van der Waals surface area contributed by atoms with Crippen LogP contribution in [0.2, 0.25) is 0 Å². The number of allylic oxidation sites excluding steroid dienone is 2. The Labute approximate surface area is 111 Å². The predicted molar refractivity (Wildman–Crippen MR) is 73.2 cm³/mol. The molecule has 0 aliphatic carbocycles. The summed E-state index contributed by atoms with van der Waals surface area (Å²) in [7, 11) is 0. The molecule has 100 valence electrons. The minimum absolute atomic E-state index is 0.0368. The number of carbonyl (C=O) groups is 1. The van der Waals surface area contributed by atoms with E-state index in [2.05, 4.69) is 15.0 Å². The Bertz CT molecular complexity index is 614. The third-order valence-electron chi connectivity index (χ3n) is 2.48. The van der Waals surface area contributed by atoms with Crippen molar-refractivity contribution in [3.63, 3.8) is 0 Å². The number of carbonyl (C=O) groups excluding carboxylic acids is 1. The first-order valence-electron chi connectivity index (χ1n) is 6.23. The Morgan fingerprint density at radius 3 is 3.00 bits per heavy atom. The largest absolute Gasteiger partial charge is 0.474 e. The molecule has 0 aromatic carbocycles. The zero-order chi connectivity index (χ0) is 13.8. The van der Waals surface area contributed by atoms with Gasteiger partial charge in [-0.25, -0.2) is 9.97 Å². The maximum atomic E-state index is 10.9. The highest BCUT2D eigenvalue weighted by Crippen LogP contribution is 2.18. The smallest absolute Gasteiger partial charge is 0.233 e. The zero-order valence-corrected chi connectivity index (χ0v) is 11.3. The molecule has 0 fully saturated rings. The van der Waals surface area contributed by atoms with Gasteiger partial charge in [-0.2, -0.15) is 0 Å². The summed E-state index contributed by atoms with van der Waals surface area (Å²) in [6.07, 6.45) is 7.54. The third kappa shape index (κ3) is 3.40. The van der Waals surface area contributed by atoms with Crippen molar-refractivity contribution in [1.29, 1.82) is 0 Å².